The first-order chi connectivity index (χ1) is 15.2. The number of pyridine rings is 1. The second-order valence-electron chi connectivity index (χ2n) is 8.27. The molecule has 2 heterocycles. The summed E-state index contributed by atoms with van der Waals surface area (Å²) < 4.78 is 5.50. The third-order valence-corrected chi connectivity index (χ3v) is 6.35. The Labute approximate surface area is 182 Å². The number of piperazine rings is 1. The summed E-state index contributed by atoms with van der Waals surface area (Å²) in [6.45, 7) is 3.86. The number of nitrogens with one attached hydrogen (secondary N) is 1. The first-order valence-electron chi connectivity index (χ1n) is 11.0. The van der Waals surface area contributed by atoms with E-state index in [-0.39, 0.29) is 5.91 Å². The minimum atomic E-state index is 0.0520. The highest BCUT2D eigenvalue weighted by Gasteiger charge is 2.24. The number of rotatable bonds is 5. The largest absolute Gasteiger partial charge is 0.495 e. The Balaban J connectivity index is 1.26. The molecule has 2 aromatic carbocycles. The van der Waals surface area contributed by atoms with E-state index in [2.05, 4.69) is 27.2 Å². The van der Waals surface area contributed by atoms with Crippen LogP contribution in [-0.2, 0) is 17.6 Å². The molecule has 1 amide bonds. The molecule has 2 aliphatic rings. The molecule has 0 spiro atoms. The molecular formula is C25H28N4O2. The normalized spacial score (nSPS) is 16.4. The predicted octanol–water partition coefficient (Wildman–Crippen LogP) is 3.49. The lowest BCUT2D eigenvalue weighted by Gasteiger charge is -2.36. The molecule has 1 fully saturated rings. The number of benzene rings is 2. The van der Waals surface area contributed by atoms with Crippen LogP contribution in [0.4, 0.5) is 11.4 Å². The van der Waals surface area contributed by atoms with E-state index in [1.54, 1.807) is 7.11 Å². The van der Waals surface area contributed by atoms with Crippen LogP contribution in [0.1, 0.15) is 17.7 Å². The zero-order valence-electron chi connectivity index (χ0n) is 17.9. The van der Waals surface area contributed by atoms with Gasteiger partial charge < -0.3 is 15.0 Å². The Hall–Kier alpha value is -3.12. The lowest BCUT2D eigenvalue weighted by molar-refractivity contribution is -0.117. The van der Waals surface area contributed by atoms with Crippen LogP contribution >= 0.6 is 0 Å². The average molecular weight is 417 g/mol. The fraction of sp³-hybridized carbons (Fsp3) is 0.360. The van der Waals surface area contributed by atoms with E-state index in [9.17, 15) is 4.79 Å². The monoisotopic (exact) mass is 416 g/mol. The summed E-state index contributed by atoms with van der Waals surface area (Å²) in [5, 5.41) is 4.28. The number of aryl methyl sites for hydroxylation is 1. The quantitative estimate of drug-likeness (QED) is 0.690. The topological polar surface area (TPSA) is 57.7 Å². The number of para-hydroxylation sites is 3. The Morgan fingerprint density at radius 3 is 2.65 bits per heavy atom. The van der Waals surface area contributed by atoms with Crippen LogP contribution in [0.15, 0.2) is 48.5 Å². The molecule has 0 saturated carbocycles. The van der Waals surface area contributed by atoms with Gasteiger partial charge in [0.1, 0.15) is 5.75 Å². The van der Waals surface area contributed by atoms with Crippen molar-refractivity contribution in [3.8, 4) is 5.75 Å². The number of aromatic nitrogens is 1. The lowest BCUT2D eigenvalue weighted by Crippen LogP contribution is -2.48. The molecule has 6 nitrogen and oxygen atoms in total. The van der Waals surface area contributed by atoms with Gasteiger partial charge in [-0.25, -0.2) is 0 Å². The highest BCUT2D eigenvalue weighted by atomic mass is 16.5. The van der Waals surface area contributed by atoms with Crippen molar-refractivity contribution < 1.29 is 9.53 Å². The van der Waals surface area contributed by atoms with E-state index >= 15 is 0 Å². The van der Waals surface area contributed by atoms with Gasteiger partial charge in [-0.3, -0.25) is 14.7 Å². The van der Waals surface area contributed by atoms with Crippen molar-refractivity contribution in [3.05, 3.63) is 59.8 Å². The summed E-state index contributed by atoms with van der Waals surface area (Å²) >= 11 is 0. The van der Waals surface area contributed by atoms with E-state index in [4.69, 9.17) is 9.72 Å². The van der Waals surface area contributed by atoms with E-state index in [1.807, 2.05) is 36.4 Å². The zero-order chi connectivity index (χ0) is 21.2. The number of hydrogen-bond donors (Lipinski definition) is 1. The fourth-order valence-corrected chi connectivity index (χ4v) is 4.77. The Kier molecular flexibility index (Phi) is 5.47. The van der Waals surface area contributed by atoms with Gasteiger partial charge in [0.25, 0.3) is 0 Å². The number of nitrogens with zero attached hydrogens (tertiary/aromatic N) is 3. The number of amides is 1. The van der Waals surface area contributed by atoms with Crippen molar-refractivity contribution in [2.45, 2.75) is 19.3 Å². The minimum Gasteiger partial charge on any atom is -0.495 e. The van der Waals surface area contributed by atoms with Crippen molar-refractivity contribution in [1.82, 2.24) is 9.88 Å². The molecule has 0 bridgehead atoms. The van der Waals surface area contributed by atoms with Gasteiger partial charge in [-0.15, -0.1) is 0 Å². The highest BCUT2D eigenvalue weighted by Crippen LogP contribution is 2.34. The first-order valence-corrected chi connectivity index (χ1v) is 11.0. The predicted molar refractivity (Wildman–Crippen MR) is 124 cm³/mol. The van der Waals surface area contributed by atoms with Gasteiger partial charge in [-0.05, 0) is 43.0 Å². The average Bonchev–Trinajstić information content (AvgIpc) is 3.28. The number of fused-ring (bicyclic) bond motifs is 2. The lowest BCUT2D eigenvalue weighted by atomic mass is 10.1. The maximum Gasteiger partial charge on any atom is 0.238 e. The van der Waals surface area contributed by atoms with Gasteiger partial charge in [-0.2, -0.15) is 0 Å². The first kappa shape index (κ1) is 19.8. The minimum absolute atomic E-state index is 0.0520. The van der Waals surface area contributed by atoms with Gasteiger partial charge in [0, 0.05) is 37.3 Å². The molecule has 31 heavy (non-hydrogen) atoms. The van der Waals surface area contributed by atoms with E-state index in [0.717, 1.165) is 79.2 Å². The molecule has 1 aromatic heterocycles. The summed E-state index contributed by atoms with van der Waals surface area (Å²) in [6.07, 6.45) is 3.08. The van der Waals surface area contributed by atoms with Crippen LogP contribution in [-0.4, -0.2) is 55.6 Å². The molecule has 160 valence electrons. The number of carbonyl (C=O) groups excluding carboxylic acids is 1. The standard InChI is InChI=1S/C25H28N4O2/c1-31-23-12-5-4-11-22(23)29-15-13-28(14-16-29)17-24(30)27-25-18-7-2-3-9-20(18)26-21-10-6-8-19(21)25/h2-5,7,9,11-12H,6,8,10,13-17H2,1H3,(H,26,27,30). The van der Waals surface area contributed by atoms with Crippen LogP contribution in [0.3, 0.4) is 0 Å². The molecule has 1 aliphatic carbocycles. The SMILES string of the molecule is COc1ccccc1N1CCN(CC(=O)Nc2c3c(nc4ccccc24)CCC3)CC1. The third-order valence-electron chi connectivity index (χ3n) is 6.35. The number of hydrogen-bond acceptors (Lipinski definition) is 5. The second kappa shape index (κ2) is 8.55. The van der Waals surface area contributed by atoms with Crippen LogP contribution in [0, 0.1) is 0 Å². The maximum atomic E-state index is 13.0. The summed E-state index contributed by atoms with van der Waals surface area (Å²) in [7, 11) is 1.71. The van der Waals surface area contributed by atoms with Gasteiger partial charge in [0.15, 0.2) is 0 Å². The van der Waals surface area contributed by atoms with Crippen molar-refractivity contribution in [2.75, 3.05) is 50.1 Å². The van der Waals surface area contributed by atoms with E-state index < -0.39 is 0 Å². The molecular weight excluding hydrogens is 388 g/mol. The smallest absolute Gasteiger partial charge is 0.238 e. The summed E-state index contributed by atoms with van der Waals surface area (Å²) in [5.41, 5.74) is 5.40. The number of ether oxygens (including phenoxy) is 1. The van der Waals surface area contributed by atoms with Crippen LogP contribution in [0.5, 0.6) is 5.75 Å². The fourth-order valence-electron chi connectivity index (χ4n) is 4.77. The number of anilines is 2. The molecule has 0 unspecified atom stereocenters. The second-order valence-corrected chi connectivity index (χ2v) is 8.27. The zero-order valence-corrected chi connectivity index (χ0v) is 17.9. The maximum absolute atomic E-state index is 13.0. The third kappa shape index (κ3) is 3.95. The Morgan fingerprint density at radius 2 is 1.81 bits per heavy atom. The van der Waals surface area contributed by atoms with Gasteiger partial charge in [0.05, 0.1) is 30.5 Å². The van der Waals surface area contributed by atoms with Crippen LogP contribution < -0.4 is 15.0 Å². The number of methoxy groups -OCH3 is 1. The van der Waals surface area contributed by atoms with Crippen molar-refractivity contribution in [2.24, 2.45) is 0 Å². The van der Waals surface area contributed by atoms with Crippen molar-refractivity contribution in [1.29, 1.82) is 0 Å². The molecule has 1 aliphatic heterocycles. The Morgan fingerprint density at radius 1 is 1.03 bits per heavy atom. The van der Waals surface area contributed by atoms with Gasteiger partial charge in [-0.1, -0.05) is 30.3 Å². The van der Waals surface area contributed by atoms with Gasteiger partial charge >= 0.3 is 0 Å². The summed E-state index contributed by atoms with van der Waals surface area (Å²) in [6, 6.07) is 16.2. The van der Waals surface area contributed by atoms with E-state index in [1.165, 1.54) is 5.56 Å². The van der Waals surface area contributed by atoms with E-state index in [0.29, 0.717) is 6.54 Å². The highest BCUT2D eigenvalue weighted by molar-refractivity contribution is 6.03. The van der Waals surface area contributed by atoms with Crippen LogP contribution in [0.25, 0.3) is 10.9 Å². The molecule has 6 heteroatoms. The van der Waals surface area contributed by atoms with Crippen LogP contribution in [0.2, 0.25) is 0 Å². The Bertz CT molecular complexity index is 1110. The molecule has 0 radical (unpaired) electrons. The van der Waals surface area contributed by atoms with Crippen molar-refractivity contribution >= 4 is 28.2 Å². The molecule has 0 atom stereocenters. The molecule has 5 rings (SSSR count). The summed E-state index contributed by atoms with van der Waals surface area (Å²) in [5.74, 6) is 0.948. The van der Waals surface area contributed by atoms with Gasteiger partial charge in [0.2, 0.25) is 5.91 Å². The molecule has 1 saturated heterocycles. The summed E-state index contributed by atoms with van der Waals surface area (Å²) in [4.78, 5) is 22.3. The number of carbonyl (C=O) groups is 1. The van der Waals surface area contributed by atoms with Crippen molar-refractivity contribution in [3.63, 3.8) is 0 Å². The molecule has 1 N–H and O–H groups in total. The molecule has 3 aromatic rings.